The minimum absolute atomic E-state index is 0.619. The summed E-state index contributed by atoms with van der Waals surface area (Å²) >= 11 is 5.40. The number of nitrogens with one attached hydrogen (secondary N) is 1. The Hall–Kier alpha value is -1.09. The molecule has 0 spiro atoms. The monoisotopic (exact) mass is 218 g/mol. The van der Waals surface area contributed by atoms with Crippen molar-refractivity contribution in [1.82, 2.24) is 9.55 Å². The highest BCUT2D eigenvalue weighted by atomic mass is 32.1. The van der Waals surface area contributed by atoms with E-state index >= 15 is 0 Å². The van der Waals surface area contributed by atoms with Gasteiger partial charge < -0.3 is 9.55 Å². The van der Waals surface area contributed by atoms with Gasteiger partial charge in [-0.15, -0.1) is 0 Å². The molecule has 1 fully saturated rings. The number of aromatic amines is 1. The summed E-state index contributed by atoms with van der Waals surface area (Å²) in [5, 5.41) is 0. The molecule has 2 nitrogen and oxygen atoms in total. The molecular weight excluding hydrogens is 204 g/mol. The molecular formula is C12H14N2S. The van der Waals surface area contributed by atoms with Crippen molar-refractivity contribution in [2.45, 2.75) is 31.7 Å². The van der Waals surface area contributed by atoms with Crippen LogP contribution in [0.25, 0.3) is 11.0 Å². The molecule has 1 heterocycles. The minimum Gasteiger partial charge on any atom is -0.331 e. The van der Waals surface area contributed by atoms with Crippen LogP contribution >= 0.6 is 12.2 Å². The summed E-state index contributed by atoms with van der Waals surface area (Å²) in [5.41, 5.74) is 2.42. The van der Waals surface area contributed by atoms with E-state index in [-0.39, 0.29) is 0 Å². The second-order valence-electron chi connectivity index (χ2n) is 4.26. The first-order valence-electron chi connectivity index (χ1n) is 5.55. The van der Waals surface area contributed by atoms with Crippen LogP contribution in [0.5, 0.6) is 0 Å². The van der Waals surface area contributed by atoms with Gasteiger partial charge in [0, 0.05) is 6.04 Å². The highest BCUT2D eigenvalue weighted by Gasteiger charge is 2.19. The highest BCUT2D eigenvalue weighted by molar-refractivity contribution is 7.71. The van der Waals surface area contributed by atoms with Gasteiger partial charge in [0.05, 0.1) is 11.0 Å². The Morgan fingerprint density at radius 1 is 1.20 bits per heavy atom. The van der Waals surface area contributed by atoms with Crippen LogP contribution in [0.15, 0.2) is 24.3 Å². The van der Waals surface area contributed by atoms with Gasteiger partial charge in [0.2, 0.25) is 0 Å². The number of H-pyrrole nitrogens is 1. The van der Waals surface area contributed by atoms with Crippen molar-refractivity contribution in [3.63, 3.8) is 0 Å². The maximum Gasteiger partial charge on any atom is 0.178 e. The topological polar surface area (TPSA) is 20.7 Å². The number of hydrogen-bond acceptors (Lipinski definition) is 1. The van der Waals surface area contributed by atoms with Gasteiger partial charge in [0.1, 0.15) is 0 Å². The number of para-hydroxylation sites is 2. The Bertz CT molecular complexity index is 532. The van der Waals surface area contributed by atoms with Gasteiger partial charge in [-0.05, 0) is 37.2 Å². The molecule has 1 aliphatic carbocycles. The molecule has 3 heteroatoms. The Kier molecular flexibility index (Phi) is 2.13. The molecule has 0 bridgehead atoms. The number of hydrogen-bond donors (Lipinski definition) is 1. The molecule has 0 unspecified atom stereocenters. The molecule has 0 amide bonds. The normalized spacial score (nSPS) is 17.6. The SMILES string of the molecule is S=c1[nH]c2ccccc2n1C1CCCC1. The Morgan fingerprint density at radius 2 is 1.93 bits per heavy atom. The summed E-state index contributed by atoms with van der Waals surface area (Å²) in [6, 6.07) is 8.99. The predicted molar refractivity (Wildman–Crippen MR) is 64.6 cm³/mol. The van der Waals surface area contributed by atoms with Crippen molar-refractivity contribution in [1.29, 1.82) is 0 Å². The number of benzene rings is 1. The van der Waals surface area contributed by atoms with Gasteiger partial charge >= 0.3 is 0 Å². The van der Waals surface area contributed by atoms with E-state index in [2.05, 4.69) is 27.8 Å². The van der Waals surface area contributed by atoms with E-state index in [0.717, 1.165) is 10.3 Å². The summed E-state index contributed by atoms with van der Waals surface area (Å²) in [6.07, 6.45) is 5.23. The van der Waals surface area contributed by atoms with Crippen LogP contribution in [0.3, 0.4) is 0 Å². The quantitative estimate of drug-likeness (QED) is 0.722. The molecule has 2 aromatic rings. The van der Waals surface area contributed by atoms with E-state index in [1.54, 1.807) is 0 Å². The zero-order valence-corrected chi connectivity index (χ0v) is 9.39. The zero-order valence-electron chi connectivity index (χ0n) is 8.57. The summed E-state index contributed by atoms with van der Waals surface area (Å²) in [4.78, 5) is 3.28. The summed E-state index contributed by atoms with van der Waals surface area (Å²) < 4.78 is 3.18. The molecule has 78 valence electrons. The second kappa shape index (κ2) is 3.49. The summed E-state index contributed by atoms with van der Waals surface area (Å²) in [5.74, 6) is 0. The average Bonchev–Trinajstić information content (AvgIpc) is 2.82. The first kappa shape index (κ1) is 9.16. The number of fused-ring (bicyclic) bond motifs is 1. The first-order valence-corrected chi connectivity index (χ1v) is 5.96. The maximum absolute atomic E-state index is 5.40. The van der Waals surface area contributed by atoms with Crippen molar-refractivity contribution in [3.05, 3.63) is 29.0 Å². The van der Waals surface area contributed by atoms with Gasteiger partial charge in [-0.25, -0.2) is 0 Å². The van der Waals surface area contributed by atoms with Gasteiger partial charge in [-0.3, -0.25) is 0 Å². The van der Waals surface area contributed by atoms with E-state index in [0.29, 0.717) is 6.04 Å². The lowest BCUT2D eigenvalue weighted by atomic mass is 10.2. The molecule has 0 saturated heterocycles. The van der Waals surface area contributed by atoms with Crippen molar-refractivity contribution >= 4 is 23.3 Å². The number of nitrogens with zero attached hydrogens (tertiary/aromatic N) is 1. The van der Waals surface area contributed by atoms with Crippen LogP contribution < -0.4 is 0 Å². The third kappa shape index (κ3) is 1.42. The van der Waals surface area contributed by atoms with E-state index in [1.165, 1.54) is 31.2 Å². The van der Waals surface area contributed by atoms with Crippen LogP contribution in [-0.2, 0) is 0 Å². The Balaban J connectivity index is 2.23. The van der Waals surface area contributed by atoms with E-state index in [9.17, 15) is 0 Å². The molecule has 15 heavy (non-hydrogen) atoms. The number of imidazole rings is 1. The summed E-state index contributed by atoms with van der Waals surface area (Å²) in [6.45, 7) is 0. The van der Waals surface area contributed by atoms with E-state index < -0.39 is 0 Å². The lowest BCUT2D eigenvalue weighted by Crippen LogP contribution is -2.03. The standard InChI is InChI=1S/C12H14N2S/c15-12-13-10-7-3-4-8-11(10)14(12)9-5-1-2-6-9/h3-4,7-9H,1-2,5-6H2,(H,13,15). The molecule has 0 aliphatic heterocycles. The maximum atomic E-state index is 5.40. The Labute approximate surface area is 93.9 Å². The first-order chi connectivity index (χ1) is 7.36. The molecule has 1 saturated carbocycles. The molecule has 0 radical (unpaired) electrons. The van der Waals surface area contributed by atoms with E-state index in [1.807, 2.05) is 6.07 Å². The largest absolute Gasteiger partial charge is 0.331 e. The van der Waals surface area contributed by atoms with Gasteiger partial charge in [-0.2, -0.15) is 0 Å². The van der Waals surface area contributed by atoms with E-state index in [4.69, 9.17) is 12.2 Å². The fraction of sp³-hybridized carbons (Fsp3) is 0.417. The van der Waals surface area contributed by atoms with Gasteiger partial charge in [0.15, 0.2) is 4.77 Å². The van der Waals surface area contributed by atoms with Crippen LogP contribution in [0.1, 0.15) is 31.7 Å². The third-order valence-corrected chi connectivity index (χ3v) is 3.61. The zero-order chi connectivity index (χ0) is 10.3. The molecule has 1 N–H and O–H groups in total. The van der Waals surface area contributed by atoms with Crippen LogP contribution in [-0.4, -0.2) is 9.55 Å². The minimum atomic E-state index is 0.619. The lowest BCUT2D eigenvalue weighted by Gasteiger charge is -2.11. The number of aromatic nitrogens is 2. The van der Waals surface area contributed by atoms with Crippen molar-refractivity contribution in [3.8, 4) is 0 Å². The molecule has 1 aromatic heterocycles. The van der Waals surface area contributed by atoms with Crippen LogP contribution in [0.2, 0.25) is 0 Å². The van der Waals surface area contributed by atoms with Crippen LogP contribution in [0, 0.1) is 4.77 Å². The highest BCUT2D eigenvalue weighted by Crippen LogP contribution is 2.32. The fourth-order valence-corrected chi connectivity index (χ4v) is 2.96. The van der Waals surface area contributed by atoms with Crippen molar-refractivity contribution in [2.75, 3.05) is 0 Å². The lowest BCUT2D eigenvalue weighted by molar-refractivity contribution is 0.526. The fourth-order valence-electron chi connectivity index (χ4n) is 2.60. The van der Waals surface area contributed by atoms with Crippen molar-refractivity contribution in [2.24, 2.45) is 0 Å². The molecule has 1 aromatic carbocycles. The number of rotatable bonds is 1. The Morgan fingerprint density at radius 3 is 2.73 bits per heavy atom. The second-order valence-corrected chi connectivity index (χ2v) is 4.64. The molecule has 3 rings (SSSR count). The smallest absolute Gasteiger partial charge is 0.178 e. The predicted octanol–water partition coefficient (Wildman–Crippen LogP) is 3.81. The molecule has 0 atom stereocenters. The average molecular weight is 218 g/mol. The molecule has 1 aliphatic rings. The summed E-state index contributed by atoms with van der Waals surface area (Å²) in [7, 11) is 0. The third-order valence-electron chi connectivity index (χ3n) is 3.31. The van der Waals surface area contributed by atoms with Crippen molar-refractivity contribution < 1.29 is 0 Å². The van der Waals surface area contributed by atoms with Gasteiger partial charge in [-0.1, -0.05) is 25.0 Å². The van der Waals surface area contributed by atoms with Crippen LogP contribution in [0.4, 0.5) is 0 Å². The van der Waals surface area contributed by atoms with Gasteiger partial charge in [0.25, 0.3) is 0 Å².